The van der Waals surface area contributed by atoms with Gasteiger partial charge in [0.2, 0.25) is 0 Å². The van der Waals surface area contributed by atoms with Crippen molar-refractivity contribution in [2.45, 2.75) is 12.8 Å². The molecule has 1 aromatic rings. The van der Waals surface area contributed by atoms with Crippen molar-refractivity contribution >= 4 is 0 Å². The van der Waals surface area contributed by atoms with Crippen LogP contribution in [0.4, 0.5) is 0 Å². The second-order valence-electron chi connectivity index (χ2n) is 2.08. The van der Waals surface area contributed by atoms with Crippen molar-refractivity contribution in [1.29, 1.82) is 0 Å². The van der Waals surface area contributed by atoms with Crippen molar-refractivity contribution in [3.05, 3.63) is 24.9 Å². The Hall–Kier alpha value is -0.790. The van der Waals surface area contributed by atoms with Gasteiger partial charge in [-0.05, 0) is 18.9 Å². The molecule has 1 heterocycles. The van der Waals surface area contributed by atoms with Gasteiger partial charge in [0, 0.05) is 13.2 Å². The van der Waals surface area contributed by atoms with Crippen LogP contribution >= 0.6 is 0 Å². The van der Waals surface area contributed by atoms with Gasteiger partial charge in [0.1, 0.15) is 0 Å². The van der Waals surface area contributed by atoms with Crippen LogP contribution in [-0.2, 0) is 13.5 Å². The van der Waals surface area contributed by atoms with Gasteiger partial charge >= 0.3 is 0 Å². The molecule has 0 unspecified atom stereocenters. The molecule has 0 N–H and O–H groups in total. The van der Waals surface area contributed by atoms with Crippen molar-refractivity contribution < 1.29 is 0 Å². The zero-order valence-electron chi connectivity index (χ0n) is 5.67. The quantitative estimate of drug-likeness (QED) is 0.577. The van der Waals surface area contributed by atoms with Gasteiger partial charge in [-0.25, -0.2) is 0 Å². The highest BCUT2D eigenvalue weighted by atomic mass is 15.2. The van der Waals surface area contributed by atoms with Gasteiger partial charge in [-0.2, -0.15) is 5.10 Å². The van der Waals surface area contributed by atoms with Gasteiger partial charge in [-0.1, -0.05) is 6.92 Å². The summed E-state index contributed by atoms with van der Waals surface area (Å²) in [7, 11) is 1.92. The third-order valence-electron chi connectivity index (χ3n) is 1.20. The smallest absolute Gasteiger partial charge is 0.0624 e. The Morgan fingerprint density at radius 1 is 1.78 bits per heavy atom. The Labute approximate surface area is 55.5 Å². The van der Waals surface area contributed by atoms with Crippen LogP contribution in [0.2, 0.25) is 0 Å². The van der Waals surface area contributed by atoms with Crippen molar-refractivity contribution in [3.63, 3.8) is 0 Å². The summed E-state index contributed by atoms with van der Waals surface area (Å²) in [4.78, 5) is 0. The second-order valence-corrected chi connectivity index (χ2v) is 2.08. The van der Waals surface area contributed by atoms with E-state index in [9.17, 15) is 0 Å². The third kappa shape index (κ3) is 1.56. The Morgan fingerprint density at radius 2 is 2.56 bits per heavy atom. The standard InChI is InChI=1S/C7H11N2/c1-3-4-7-5-6-9(2)8-7/h5-6H,1,3-4H2,2H3. The van der Waals surface area contributed by atoms with Crippen molar-refractivity contribution in [2.75, 3.05) is 0 Å². The molecule has 0 fully saturated rings. The van der Waals surface area contributed by atoms with E-state index in [0.717, 1.165) is 18.5 Å². The number of rotatable bonds is 2. The molecule has 0 aliphatic heterocycles. The molecule has 0 atom stereocenters. The number of nitrogens with zero attached hydrogens (tertiary/aromatic N) is 2. The zero-order chi connectivity index (χ0) is 6.69. The van der Waals surface area contributed by atoms with Crippen LogP contribution in [0.25, 0.3) is 0 Å². The van der Waals surface area contributed by atoms with Crippen LogP contribution in [0, 0.1) is 6.92 Å². The highest BCUT2D eigenvalue weighted by Crippen LogP contribution is 1.96. The second kappa shape index (κ2) is 2.67. The predicted molar refractivity (Wildman–Crippen MR) is 36.9 cm³/mol. The van der Waals surface area contributed by atoms with E-state index in [-0.39, 0.29) is 0 Å². The molecule has 0 bridgehead atoms. The monoisotopic (exact) mass is 123 g/mol. The lowest BCUT2D eigenvalue weighted by Gasteiger charge is -1.87. The van der Waals surface area contributed by atoms with Gasteiger partial charge < -0.3 is 0 Å². The van der Waals surface area contributed by atoms with Gasteiger partial charge in [0.05, 0.1) is 5.69 Å². The minimum absolute atomic E-state index is 0.928. The van der Waals surface area contributed by atoms with Crippen LogP contribution in [0.5, 0.6) is 0 Å². The van der Waals surface area contributed by atoms with E-state index in [1.165, 1.54) is 0 Å². The number of hydrogen-bond donors (Lipinski definition) is 0. The van der Waals surface area contributed by atoms with E-state index >= 15 is 0 Å². The summed E-state index contributed by atoms with van der Waals surface area (Å²) in [5.74, 6) is 0. The van der Waals surface area contributed by atoms with Crippen molar-refractivity contribution in [3.8, 4) is 0 Å². The van der Waals surface area contributed by atoms with Crippen LogP contribution in [0.3, 0.4) is 0 Å². The summed E-state index contributed by atoms with van der Waals surface area (Å²) in [5, 5.41) is 4.18. The molecule has 0 aliphatic rings. The molecular weight excluding hydrogens is 112 g/mol. The maximum absolute atomic E-state index is 4.18. The average molecular weight is 123 g/mol. The largest absolute Gasteiger partial charge is 0.276 e. The molecular formula is C7H11N2. The molecule has 0 aliphatic carbocycles. The number of hydrogen-bond acceptors (Lipinski definition) is 1. The minimum atomic E-state index is 0.928. The minimum Gasteiger partial charge on any atom is -0.276 e. The molecule has 2 heteroatoms. The molecule has 49 valence electrons. The lowest BCUT2D eigenvalue weighted by Crippen LogP contribution is -1.89. The summed E-state index contributed by atoms with van der Waals surface area (Å²) < 4.78 is 1.81. The van der Waals surface area contributed by atoms with E-state index in [0.29, 0.717) is 0 Å². The van der Waals surface area contributed by atoms with Crippen LogP contribution in [0.1, 0.15) is 12.1 Å². The van der Waals surface area contributed by atoms with Crippen LogP contribution < -0.4 is 0 Å². The summed E-state index contributed by atoms with van der Waals surface area (Å²) in [5.41, 5.74) is 1.13. The van der Waals surface area contributed by atoms with Crippen LogP contribution in [-0.4, -0.2) is 9.78 Å². The number of aryl methyl sites for hydroxylation is 2. The van der Waals surface area contributed by atoms with Crippen molar-refractivity contribution in [2.24, 2.45) is 7.05 Å². The Bertz CT molecular complexity index is 179. The third-order valence-corrected chi connectivity index (χ3v) is 1.20. The normalized spacial score (nSPS) is 10.0. The SMILES string of the molecule is [CH2]CCc1ccn(C)n1. The topological polar surface area (TPSA) is 17.8 Å². The Balaban J connectivity index is 2.61. The first-order valence-corrected chi connectivity index (χ1v) is 3.10. The van der Waals surface area contributed by atoms with E-state index in [4.69, 9.17) is 0 Å². The molecule has 2 nitrogen and oxygen atoms in total. The first kappa shape index (κ1) is 6.33. The fraction of sp³-hybridized carbons (Fsp3) is 0.429. The molecule has 0 saturated heterocycles. The van der Waals surface area contributed by atoms with E-state index < -0.39 is 0 Å². The first-order chi connectivity index (χ1) is 4.33. The predicted octanol–water partition coefficient (Wildman–Crippen LogP) is 1.19. The molecule has 0 amide bonds. The lowest BCUT2D eigenvalue weighted by atomic mass is 10.3. The molecule has 0 spiro atoms. The van der Waals surface area contributed by atoms with Crippen molar-refractivity contribution in [1.82, 2.24) is 9.78 Å². The summed E-state index contributed by atoms with van der Waals surface area (Å²) in [6, 6.07) is 2.02. The molecule has 1 rings (SSSR count). The summed E-state index contributed by atoms with van der Waals surface area (Å²) in [6.45, 7) is 3.74. The molecule has 0 aromatic carbocycles. The Kier molecular flexibility index (Phi) is 1.88. The van der Waals surface area contributed by atoms with E-state index in [2.05, 4.69) is 12.0 Å². The zero-order valence-corrected chi connectivity index (χ0v) is 5.67. The summed E-state index contributed by atoms with van der Waals surface area (Å²) >= 11 is 0. The summed E-state index contributed by atoms with van der Waals surface area (Å²) in [6.07, 6.45) is 3.86. The maximum Gasteiger partial charge on any atom is 0.0624 e. The van der Waals surface area contributed by atoms with Gasteiger partial charge in [-0.15, -0.1) is 0 Å². The van der Waals surface area contributed by atoms with E-state index in [1.54, 1.807) is 0 Å². The maximum atomic E-state index is 4.18. The fourth-order valence-corrected chi connectivity index (χ4v) is 0.778. The van der Waals surface area contributed by atoms with Crippen LogP contribution in [0.15, 0.2) is 12.3 Å². The Morgan fingerprint density at radius 3 is 3.00 bits per heavy atom. The highest BCUT2D eigenvalue weighted by Gasteiger charge is 1.91. The average Bonchev–Trinajstić information content (AvgIpc) is 2.17. The fourth-order valence-electron chi connectivity index (χ4n) is 0.778. The van der Waals surface area contributed by atoms with Gasteiger partial charge in [-0.3, -0.25) is 4.68 Å². The molecule has 9 heavy (non-hydrogen) atoms. The molecule has 0 saturated carbocycles. The molecule has 1 aromatic heterocycles. The lowest BCUT2D eigenvalue weighted by molar-refractivity contribution is 0.739. The van der Waals surface area contributed by atoms with Gasteiger partial charge in [0.15, 0.2) is 0 Å². The highest BCUT2D eigenvalue weighted by molar-refractivity contribution is 4.98. The molecule has 1 radical (unpaired) electrons. The van der Waals surface area contributed by atoms with E-state index in [1.807, 2.05) is 24.0 Å². The first-order valence-electron chi connectivity index (χ1n) is 3.10. The van der Waals surface area contributed by atoms with Gasteiger partial charge in [0.25, 0.3) is 0 Å². The number of aromatic nitrogens is 2.